The molecule has 3 atom stereocenters. The van der Waals surface area contributed by atoms with Crippen LogP contribution in [0.3, 0.4) is 0 Å². The van der Waals surface area contributed by atoms with Gasteiger partial charge in [0.05, 0.1) is 0 Å². The molecule has 0 aliphatic heterocycles. The van der Waals surface area contributed by atoms with E-state index in [1.165, 1.54) is 48.8 Å². The third-order valence-corrected chi connectivity index (χ3v) is 9.48. The SMILES string of the molecule is CC(C)c1ccc2c(c1)CC[C@H]1[C@](C)(CN(C/C=C/c3ccccc3)Cc3ccccc3)CCC[C@]21C. The first-order valence-electron chi connectivity index (χ1n) is 14.5. The number of fused-ring (bicyclic) bond motifs is 3. The summed E-state index contributed by atoms with van der Waals surface area (Å²) in [5.41, 5.74) is 8.07. The summed E-state index contributed by atoms with van der Waals surface area (Å²) >= 11 is 0. The minimum atomic E-state index is 0.286. The van der Waals surface area contributed by atoms with Crippen LogP contribution in [-0.4, -0.2) is 18.0 Å². The van der Waals surface area contributed by atoms with E-state index in [0.717, 1.165) is 25.6 Å². The molecule has 0 heterocycles. The molecule has 1 nitrogen and oxygen atoms in total. The molecule has 0 spiro atoms. The quantitative estimate of drug-likeness (QED) is 0.304. The molecular formula is C36H45N. The molecule has 37 heavy (non-hydrogen) atoms. The van der Waals surface area contributed by atoms with Crippen molar-refractivity contribution in [2.45, 2.75) is 77.7 Å². The lowest BCUT2D eigenvalue weighted by molar-refractivity contribution is -0.00260. The van der Waals surface area contributed by atoms with E-state index in [1.807, 2.05) is 0 Å². The zero-order chi connectivity index (χ0) is 25.9. The number of benzene rings is 3. The molecular weight excluding hydrogens is 446 g/mol. The van der Waals surface area contributed by atoms with Crippen molar-refractivity contribution in [2.24, 2.45) is 11.3 Å². The lowest BCUT2D eigenvalue weighted by atomic mass is 9.49. The average Bonchev–Trinajstić information content (AvgIpc) is 2.89. The van der Waals surface area contributed by atoms with Crippen LogP contribution < -0.4 is 0 Å². The number of hydrogen-bond donors (Lipinski definition) is 0. The highest BCUT2D eigenvalue weighted by molar-refractivity contribution is 5.48. The van der Waals surface area contributed by atoms with E-state index in [0.29, 0.717) is 11.3 Å². The fraction of sp³-hybridized carbons (Fsp3) is 0.444. The van der Waals surface area contributed by atoms with Gasteiger partial charge in [-0.3, -0.25) is 4.90 Å². The van der Waals surface area contributed by atoms with Crippen LogP contribution >= 0.6 is 0 Å². The molecule has 1 saturated carbocycles. The molecule has 1 fully saturated rings. The summed E-state index contributed by atoms with van der Waals surface area (Å²) in [6, 6.07) is 29.2. The van der Waals surface area contributed by atoms with Gasteiger partial charge >= 0.3 is 0 Å². The summed E-state index contributed by atoms with van der Waals surface area (Å²) in [7, 11) is 0. The molecule has 3 aromatic rings. The number of hydrogen-bond acceptors (Lipinski definition) is 1. The highest BCUT2D eigenvalue weighted by Crippen LogP contribution is 2.57. The predicted molar refractivity (Wildman–Crippen MR) is 159 cm³/mol. The molecule has 2 aliphatic carbocycles. The van der Waals surface area contributed by atoms with Crippen LogP contribution in [0.4, 0.5) is 0 Å². The highest BCUT2D eigenvalue weighted by Gasteiger charge is 2.52. The number of aryl methyl sites for hydroxylation is 1. The molecule has 0 unspecified atom stereocenters. The topological polar surface area (TPSA) is 3.24 Å². The molecule has 5 rings (SSSR count). The molecule has 0 amide bonds. The Kier molecular flexibility index (Phi) is 7.72. The average molecular weight is 492 g/mol. The van der Waals surface area contributed by atoms with E-state index in [4.69, 9.17) is 0 Å². The van der Waals surface area contributed by atoms with Gasteiger partial charge in [-0.25, -0.2) is 0 Å². The maximum atomic E-state index is 2.71. The van der Waals surface area contributed by atoms with Gasteiger partial charge in [0.2, 0.25) is 0 Å². The monoisotopic (exact) mass is 491 g/mol. The van der Waals surface area contributed by atoms with E-state index in [9.17, 15) is 0 Å². The van der Waals surface area contributed by atoms with E-state index >= 15 is 0 Å². The summed E-state index contributed by atoms with van der Waals surface area (Å²) in [6.45, 7) is 13.0. The first-order valence-corrected chi connectivity index (χ1v) is 14.5. The molecule has 0 radical (unpaired) electrons. The number of nitrogens with zero attached hydrogens (tertiary/aromatic N) is 1. The maximum absolute atomic E-state index is 2.71. The molecule has 0 aromatic heterocycles. The standard InChI is InChI=1S/C36H45N/c1-28(2)31-18-20-33-32(25-31)19-21-34-35(3,22-12-23-36(33,34)4)27-37(26-30-15-9-6-10-16-30)24-11-17-29-13-7-5-8-14-29/h5-11,13-18,20,25,28,34H,12,19,21-24,26-27H2,1-4H3/b17-11+/t34-,35-,36+/m0/s1. The zero-order valence-corrected chi connectivity index (χ0v) is 23.4. The second-order valence-electron chi connectivity index (χ2n) is 12.6. The summed E-state index contributed by atoms with van der Waals surface area (Å²) in [4.78, 5) is 2.71. The Morgan fingerprint density at radius 3 is 2.38 bits per heavy atom. The molecule has 0 bridgehead atoms. The Bertz CT molecular complexity index is 1190. The maximum Gasteiger partial charge on any atom is 0.0237 e. The van der Waals surface area contributed by atoms with Crippen molar-refractivity contribution in [3.8, 4) is 0 Å². The van der Waals surface area contributed by atoms with Gasteiger partial charge in [0.1, 0.15) is 0 Å². The second-order valence-corrected chi connectivity index (χ2v) is 12.6. The third-order valence-electron chi connectivity index (χ3n) is 9.48. The Hall–Kier alpha value is -2.64. The van der Waals surface area contributed by atoms with Crippen LogP contribution in [0.1, 0.15) is 87.1 Å². The molecule has 0 saturated heterocycles. The Labute approximate surface area is 225 Å². The molecule has 2 aliphatic rings. The van der Waals surface area contributed by atoms with Crippen molar-refractivity contribution in [3.05, 3.63) is 113 Å². The van der Waals surface area contributed by atoms with Gasteiger partial charge in [-0.1, -0.05) is 125 Å². The van der Waals surface area contributed by atoms with Gasteiger partial charge in [-0.05, 0) is 76.2 Å². The van der Waals surface area contributed by atoms with Gasteiger partial charge in [-0.2, -0.15) is 0 Å². The summed E-state index contributed by atoms with van der Waals surface area (Å²) in [5, 5.41) is 0. The minimum Gasteiger partial charge on any atom is -0.295 e. The van der Waals surface area contributed by atoms with Crippen molar-refractivity contribution < 1.29 is 0 Å². The van der Waals surface area contributed by atoms with Gasteiger partial charge in [-0.15, -0.1) is 0 Å². The Balaban J connectivity index is 1.40. The molecule has 194 valence electrons. The van der Waals surface area contributed by atoms with Crippen LogP contribution in [0.5, 0.6) is 0 Å². The first-order chi connectivity index (χ1) is 17.9. The second kappa shape index (κ2) is 11.0. The van der Waals surface area contributed by atoms with E-state index in [1.54, 1.807) is 11.1 Å². The summed E-state index contributed by atoms with van der Waals surface area (Å²) in [5.74, 6) is 1.32. The number of rotatable bonds is 8. The lowest BCUT2D eigenvalue weighted by Crippen LogP contribution is -2.53. The van der Waals surface area contributed by atoms with Gasteiger partial charge in [0, 0.05) is 19.6 Å². The van der Waals surface area contributed by atoms with Gasteiger partial charge < -0.3 is 0 Å². The predicted octanol–water partition coefficient (Wildman–Crippen LogP) is 9.04. The zero-order valence-electron chi connectivity index (χ0n) is 23.4. The van der Waals surface area contributed by atoms with Crippen molar-refractivity contribution in [2.75, 3.05) is 13.1 Å². The Morgan fingerprint density at radius 2 is 1.65 bits per heavy atom. The normalized spacial score (nSPS) is 25.4. The summed E-state index contributed by atoms with van der Waals surface area (Å²) in [6.07, 6.45) is 11.2. The van der Waals surface area contributed by atoms with Gasteiger partial charge in [0.25, 0.3) is 0 Å². The van der Waals surface area contributed by atoms with E-state index in [-0.39, 0.29) is 5.41 Å². The highest BCUT2D eigenvalue weighted by atomic mass is 15.1. The van der Waals surface area contributed by atoms with Gasteiger partial charge in [0.15, 0.2) is 0 Å². The van der Waals surface area contributed by atoms with Crippen molar-refractivity contribution in [3.63, 3.8) is 0 Å². The van der Waals surface area contributed by atoms with E-state index < -0.39 is 0 Å². The van der Waals surface area contributed by atoms with E-state index in [2.05, 4.69) is 124 Å². The van der Waals surface area contributed by atoms with Crippen LogP contribution in [-0.2, 0) is 18.4 Å². The Morgan fingerprint density at radius 1 is 0.919 bits per heavy atom. The first kappa shape index (κ1) is 26.0. The third kappa shape index (κ3) is 5.63. The smallest absolute Gasteiger partial charge is 0.0237 e. The largest absolute Gasteiger partial charge is 0.295 e. The van der Waals surface area contributed by atoms with Crippen LogP contribution in [0.15, 0.2) is 84.9 Å². The van der Waals surface area contributed by atoms with Crippen LogP contribution in [0.25, 0.3) is 6.08 Å². The van der Waals surface area contributed by atoms with Crippen molar-refractivity contribution in [1.29, 1.82) is 0 Å². The fourth-order valence-corrected chi connectivity index (χ4v) is 7.63. The molecule has 3 aromatic carbocycles. The fourth-order valence-electron chi connectivity index (χ4n) is 7.63. The minimum absolute atomic E-state index is 0.286. The lowest BCUT2D eigenvalue weighted by Gasteiger charge is -2.56. The summed E-state index contributed by atoms with van der Waals surface area (Å²) < 4.78 is 0. The van der Waals surface area contributed by atoms with Crippen molar-refractivity contribution in [1.82, 2.24) is 4.90 Å². The van der Waals surface area contributed by atoms with Crippen LogP contribution in [0.2, 0.25) is 0 Å². The van der Waals surface area contributed by atoms with Crippen molar-refractivity contribution >= 4 is 6.08 Å². The molecule has 1 heteroatoms. The molecule has 0 N–H and O–H groups in total. The van der Waals surface area contributed by atoms with Crippen LogP contribution in [0, 0.1) is 11.3 Å².